The molecule has 3 aliphatic rings. The van der Waals surface area contributed by atoms with Gasteiger partial charge in [0.05, 0.1) is 6.42 Å². The average molecular weight is 294 g/mol. The van der Waals surface area contributed by atoms with Crippen LogP contribution in [0.4, 0.5) is 5.69 Å². The molecule has 0 aliphatic carbocycles. The molecular formula is C15H20ClN3O. The maximum Gasteiger partial charge on any atom is 0.228 e. The lowest BCUT2D eigenvalue weighted by Gasteiger charge is -2.17. The lowest BCUT2D eigenvalue weighted by atomic mass is 10.0. The van der Waals surface area contributed by atoms with Gasteiger partial charge in [0.2, 0.25) is 5.91 Å². The number of hydrogen-bond donors (Lipinski definition) is 2. The van der Waals surface area contributed by atoms with E-state index in [9.17, 15) is 4.79 Å². The van der Waals surface area contributed by atoms with E-state index in [1.54, 1.807) is 0 Å². The Morgan fingerprint density at radius 3 is 2.70 bits per heavy atom. The van der Waals surface area contributed by atoms with Crippen molar-refractivity contribution in [2.45, 2.75) is 13.0 Å². The Morgan fingerprint density at radius 1 is 1.20 bits per heavy atom. The van der Waals surface area contributed by atoms with Gasteiger partial charge in [-0.2, -0.15) is 0 Å². The van der Waals surface area contributed by atoms with Gasteiger partial charge >= 0.3 is 0 Å². The van der Waals surface area contributed by atoms with Crippen molar-refractivity contribution in [1.82, 2.24) is 10.2 Å². The number of carbonyl (C=O) groups is 1. The van der Waals surface area contributed by atoms with Gasteiger partial charge in [-0.25, -0.2) is 0 Å². The van der Waals surface area contributed by atoms with Crippen molar-refractivity contribution in [3.63, 3.8) is 0 Å². The predicted molar refractivity (Wildman–Crippen MR) is 81.2 cm³/mol. The van der Waals surface area contributed by atoms with Crippen molar-refractivity contribution in [3.8, 4) is 0 Å². The Kier molecular flexibility index (Phi) is 3.71. The average Bonchev–Trinajstić information content (AvgIpc) is 3.01. The smallest absolute Gasteiger partial charge is 0.228 e. The summed E-state index contributed by atoms with van der Waals surface area (Å²) in [6.45, 7) is 5.79. The molecule has 2 saturated heterocycles. The van der Waals surface area contributed by atoms with Crippen molar-refractivity contribution in [2.75, 3.05) is 31.5 Å². The standard InChI is InChI=1S/C15H19N3O.ClH/c19-15-4-11-2-1-10(3-14(11)17-15)7-18-8-12-5-16-6-13(12)9-18;/h1-3,12-13,16H,4-9H2,(H,17,19);1H/t12-,13-;/m1./s1. The van der Waals surface area contributed by atoms with Crippen LogP contribution in [0.1, 0.15) is 11.1 Å². The van der Waals surface area contributed by atoms with Crippen molar-refractivity contribution in [2.24, 2.45) is 11.8 Å². The summed E-state index contributed by atoms with van der Waals surface area (Å²) in [6.07, 6.45) is 0.537. The minimum atomic E-state index is 0. The van der Waals surface area contributed by atoms with Crippen LogP contribution < -0.4 is 10.6 Å². The highest BCUT2D eigenvalue weighted by atomic mass is 35.5. The van der Waals surface area contributed by atoms with E-state index in [2.05, 4.69) is 33.7 Å². The zero-order valence-electron chi connectivity index (χ0n) is 11.4. The largest absolute Gasteiger partial charge is 0.326 e. The van der Waals surface area contributed by atoms with Gasteiger partial charge in [-0.1, -0.05) is 12.1 Å². The molecule has 1 aromatic rings. The number of likely N-dealkylation sites (tertiary alicyclic amines) is 1. The summed E-state index contributed by atoms with van der Waals surface area (Å²) in [5.41, 5.74) is 3.47. The molecular weight excluding hydrogens is 274 g/mol. The molecule has 2 atom stereocenters. The van der Waals surface area contributed by atoms with E-state index in [1.807, 2.05) is 0 Å². The highest BCUT2D eigenvalue weighted by molar-refractivity contribution is 5.99. The van der Waals surface area contributed by atoms with Crippen LogP contribution in [0.15, 0.2) is 18.2 Å². The molecule has 0 spiro atoms. The lowest BCUT2D eigenvalue weighted by molar-refractivity contribution is -0.115. The quantitative estimate of drug-likeness (QED) is 0.863. The van der Waals surface area contributed by atoms with E-state index in [1.165, 1.54) is 31.7 Å². The Balaban J connectivity index is 0.00000121. The van der Waals surface area contributed by atoms with Crippen LogP contribution in [-0.2, 0) is 17.8 Å². The molecule has 1 aromatic carbocycles. The molecule has 5 heteroatoms. The third kappa shape index (κ3) is 2.43. The van der Waals surface area contributed by atoms with Crippen molar-refractivity contribution in [3.05, 3.63) is 29.3 Å². The summed E-state index contributed by atoms with van der Waals surface area (Å²) in [5.74, 6) is 1.80. The number of hydrogen-bond acceptors (Lipinski definition) is 3. The first-order chi connectivity index (χ1) is 9.28. The second-order valence-electron chi connectivity index (χ2n) is 6.09. The summed E-state index contributed by atoms with van der Waals surface area (Å²) >= 11 is 0. The molecule has 108 valence electrons. The van der Waals surface area contributed by atoms with Crippen molar-refractivity contribution < 1.29 is 4.79 Å². The Morgan fingerprint density at radius 2 is 1.95 bits per heavy atom. The third-order valence-electron chi connectivity index (χ3n) is 4.67. The summed E-state index contributed by atoms with van der Waals surface area (Å²) in [4.78, 5) is 13.9. The van der Waals surface area contributed by atoms with Gasteiger partial charge in [0.15, 0.2) is 0 Å². The van der Waals surface area contributed by atoms with Crippen LogP contribution in [0, 0.1) is 11.8 Å². The normalized spacial score (nSPS) is 27.9. The number of halogens is 1. The fraction of sp³-hybridized carbons (Fsp3) is 0.533. The van der Waals surface area contributed by atoms with Crippen molar-refractivity contribution >= 4 is 24.0 Å². The van der Waals surface area contributed by atoms with Crippen molar-refractivity contribution in [1.29, 1.82) is 0 Å². The number of benzene rings is 1. The number of nitrogens with zero attached hydrogens (tertiary/aromatic N) is 1. The van der Waals surface area contributed by atoms with Gasteiger partial charge in [0.1, 0.15) is 0 Å². The zero-order valence-corrected chi connectivity index (χ0v) is 12.2. The summed E-state index contributed by atoms with van der Waals surface area (Å²) in [6, 6.07) is 6.42. The topological polar surface area (TPSA) is 44.4 Å². The monoisotopic (exact) mass is 293 g/mol. The molecule has 0 unspecified atom stereocenters. The predicted octanol–water partition coefficient (Wildman–Crippen LogP) is 1.25. The van der Waals surface area contributed by atoms with Gasteiger partial charge in [0.25, 0.3) is 0 Å². The van der Waals surface area contributed by atoms with E-state index in [0.717, 1.165) is 29.6 Å². The SMILES string of the molecule is Cl.O=C1Cc2ccc(CN3C[C@H]4CNC[C@@H]4C3)cc2N1. The molecule has 2 fully saturated rings. The number of rotatable bonds is 2. The fourth-order valence-corrected chi connectivity index (χ4v) is 3.70. The Labute approximate surface area is 125 Å². The van der Waals surface area contributed by atoms with E-state index in [0.29, 0.717) is 6.42 Å². The third-order valence-corrected chi connectivity index (χ3v) is 4.67. The number of nitrogens with one attached hydrogen (secondary N) is 2. The number of carbonyl (C=O) groups excluding carboxylic acids is 1. The van der Waals surface area contributed by atoms with Gasteiger partial charge in [-0.15, -0.1) is 12.4 Å². The van der Waals surface area contributed by atoms with Gasteiger partial charge in [-0.3, -0.25) is 9.69 Å². The molecule has 0 radical (unpaired) electrons. The number of fused-ring (bicyclic) bond motifs is 2. The summed E-state index contributed by atoms with van der Waals surface area (Å²) in [5, 5.41) is 6.41. The van der Waals surface area contributed by atoms with Gasteiger partial charge < -0.3 is 10.6 Å². The fourth-order valence-electron chi connectivity index (χ4n) is 3.70. The van der Waals surface area contributed by atoms with Gasteiger partial charge in [0, 0.05) is 25.3 Å². The number of anilines is 1. The molecule has 3 aliphatic heterocycles. The second-order valence-corrected chi connectivity index (χ2v) is 6.09. The lowest BCUT2D eigenvalue weighted by Crippen LogP contribution is -2.25. The maximum atomic E-state index is 11.4. The highest BCUT2D eigenvalue weighted by Crippen LogP contribution is 2.29. The number of amides is 1. The van der Waals surface area contributed by atoms with E-state index in [4.69, 9.17) is 0 Å². The minimum Gasteiger partial charge on any atom is -0.326 e. The first-order valence-electron chi connectivity index (χ1n) is 7.12. The summed E-state index contributed by atoms with van der Waals surface area (Å²) in [7, 11) is 0. The van der Waals surface area contributed by atoms with E-state index < -0.39 is 0 Å². The van der Waals surface area contributed by atoms with Crippen LogP contribution in [0.5, 0.6) is 0 Å². The molecule has 3 heterocycles. The molecule has 1 amide bonds. The molecule has 0 saturated carbocycles. The second kappa shape index (κ2) is 5.35. The van der Waals surface area contributed by atoms with Crippen LogP contribution >= 0.6 is 12.4 Å². The Bertz CT molecular complexity index is 522. The first kappa shape index (κ1) is 13.9. The molecule has 2 N–H and O–H groups in total. The molecule has 0 aromatic heterocycles. The van der Waals surface area contributed by atoms with Gasteiger partial charge in [-0.05, 0) is 42.1 Å². The van der Waals surface area contributed by atoms with Crippen LogP contribution in [0.25, 0.3) is 0 Å². The van der Waals surface area contributed by atoms with Crippen LogP contribution in [0.2, 0.25) is 0 Å². The molecule has 4 nitrogen and oxygen atoms in total. The molecule has 0 bridgehead atoms. The van der Waals surface area contributed by atoms with E-state index >= 15 is 0 Å². The minimum absolute atomic E-state index is 0. The maximum absolute atomic E-state index is 11.4. The summed E-state index contributed by atoms with van der Waals surface area (Å²) < 4.78 is 0. The first-order valence-corrected chi connectivity index (χ1v) is 7.12. The zero-order chi connectivity index (χ0) is 12.8. The van der Waals surface area contributed by atoms with Crippen LogP contribution in [-0.4, -0.2) is 37.0 Å². The van der Waals surface area contributed by atoms with E-state index in [-0.39, 0.29) is 18.3 Å². The molecule has 20 heavy (non-hydrogen) atoms. The Hall–Kier alpha value is -1.10. The molecule has 4 rings (SSSR count). The highest BCUT2D eigenvalue weighted by Gasteiger charge is 2.35. The van der Waals surface area contributed by atoms with Crippen LogP contribution in [0.3, 0.4) is 0 Å².